The maximum atomic E-state index is 13.1. The van der Waals surface area contributed by atoms with Crippen molar-refractivity contribution in [3.05, 3.63) is 42.4 Å². The zero-order valence-corrected chi connectivity index (χ0v) is 16.8. The number of rotatable bonds is 6. The lowest BCUT2D eigenvalue weighted by Crippen LogP contribution is -2.27. The monoisotopic (exact) mass is 379 g/mol. The number of fused-ring (bicyclic) bond motifs is 1. The predicted octanol–water partition coefficient (Wildman–Crippen LogP) is 4.71. The molecule has 1 atom stereocenters. The summed E-state index contributed by atoms with van der Waals surface area (Å²) in [6, 6.07) is 9.60. The molecular weight excluding hydrogens is 350 g/mol. The number of amides is 1. The number of carbonyl (C=O) groups is 1. The minimum absolute atomic E-state index is 0.0181. The van der Waals surface area contributed by atoms with Gasteiger partial charge in [0.1, 0.15) is 11.9 Å². The average Bonchev–Trinajstić information content (AvgIpc) is 3.27. The van der Waals surface area contributed by atoms with Gasteiger partial charge in [-0.1, -0.05) is 38.3 Å². The van der Waals surface area contributed by atoms with Crippen LogP contribution < -0.4 is 5.32 Å². The standard InChI is InChI=1S/C22H29N5O/c1-3-19(26-15-23-18-11-7-8-12-20(18)26)22(28)24-21-13-16(2)25-27(21)14-17-9-5-4-6-10-17/h7-8,11-13,15,17,19H,3-6,9-10,14H2,1-2H3,(H,24,28)/t19-/m1/s1. The second-order valence-corrected chi connectivity index (χ2v) is 7.91. The van der Waals surface area contributed by atoms with Gasteiger partial charge in [0, 0.05) is 12.6 Å². The first-order valence-electron chi connectivity index (χ1n) is 10.4. The Morgan fingerprint density at radius 2 is 2.04 bits per heavy atom. The minimum Gasteiger partial charge on any atom is -0.318 e. The molecule has 4 rings (SSSR count). The second-order valence-electron chi connectivity index (χ2n) is 7.91. The van der Waals surface area contributed by atoms with Crippen LogP contribution in [0.5, 0.6) is 0 Å². The summed E-state index contributed by atoms with van der Waals surface area (Å²) < 4.78 is 3.96. The molecule has 1 saturated carbocycles. The number of nitrogens with zero attached hydrogens (tertiary/aromatic N) is 4. The van der Waals surface area contributed by atoms with Crippen molar-refractivity contribution >= 4 is 22.8 Å². The van der Waals surface area contributed by atoms with E-state index in [1.165, 1.54) is 32.1 Å². The number of aryl methyl sites for hydroxylation is 1. The van der Waals surface area contributed by atoms with E-state index in [-0.39, 0.29) is 11.9 Å². The molecule has 0 unspecified atom stereocenters. The Balaban J connectivity index is 1.53. The smallest absolute Gasteiger partial charge is 0.248 e. The number of imidazole rings is 1. The third-order valence-corrected chi connectivity index (χ3v) is 5.82. The van der Waals surface area contributed by atoms with Gasteiger partial charge in [-0.3, -0.25) is 4.79 Å². The summed E-state index contributed by atoms with van der Waals surface area (Å²) in [5.74, 6) is 1.44. The molecule has 28 heavy (non-hydrogen) atoms. The quantitative estimate of drug-likeness (QED) is 0.674. The second kappa shape index (κ2) is 8.17. The molecule has 0 radical (unpaired) electrons. The lowest BCUT2D eigenvalue weighted by molar-refractivity contribution is -0.119. The molecule has 1 amide bonds. The molecule has 2 aromatic heterocycles. The zero-order chi connectivity index (χ0) is 19.5. The maximum absolute atomic E-state index is 13.1. The molecule has 6 nitrogen and oxygen atoms in total. The number of benzene rings is 1. The number of aromatic nitrogens is 4. The topological polar surface area (TPSA) is 64.7 Å². The fourth-order valence-electron chi connectivity index (χ4n) is 4.34. The maximum Gasteiger partial charge on any atom is 0.248 e. The molecule has 3 aromatic rings. The van der Waals surface area contributed by atoms with Gasteiger partial charge in [-0.05, 0) is 44.2 Å². The number of anilines is 1. The molecule has 0 aliphatic heterocycles. The van der Waals surface area contributed by atoms with Crippen LogP contribution in [0.1, 0.15) is 57.2 Å². The van der Waals surface area contributed by atoms with Crippen LogP contribution in [0.4, 0.5) is 5.82 Å². The average molecular weight is 380 g/mol. The summed E-state index contributed by atoms with van der Waals surface area (Å²) in [6.07, 6.45) is 8.92. The van der Waals surface area contributed by atoms with E-state index < -0.39 is 0 Å². The molecule has 6 heteroatoms. The number of nitrogens with one attached hydrogen (secondary N) is 1. The fourth-order valence-corrected chi connectivity index (χ4v) is 4.34. The van der Waals surface area contributed by atoms with Crippen LogP contribution in [-0.4, -0.2) is 25.2 Å². The molecule has 1 fully saturated rings. The van der Waals surface area contributed by atoms with Crippen molar-refractivity contribution in [3.8, 4) is 0 Å². The largest absolute Gasteiger partial charge is 0.318 e. The van der Waals surface area contributed by atoms with Gasteiger partial charge < -0.3 is 9.88 Å². The lowest BCUT2D eigenvalue weighted by Gasteiger charge is -2.23. The summed E-state index contributed by atoms with van der Waals surface area (Å²) >= 11 is 0. The molecule has 0 saturated heterocycles. The van der Waals surface area contributed by atoms with Gasteiger partial charge in [0.15, 0.2) is 0 Å². The van der Waals surface area contributed by atoms with Gasteiger partial charge in [-0.25, -0.2) is 9.67 Å². The van der Waals surface area contributed by atoms with E-state index in [4.69, 9.17) is 0 Å². The van der Waals surface area contributed by atoms with Gasteiger partial charge in [-0.2, -0.15) is 5.10 Å². The Bertz CT molecular complexity index is 951. The van der Waals surface area contributed by atoms with Gasteiger partial charge in [-0.15, -0.1) is 0 Å². The minimum atomic E-state index is -0.300. The summed E-state index contributed by atoms with van der Waals surface area (Å²) in [7, 11) is 0. The SMILES string of the molecule is CC[C@H](C(=O)Nc1cc(C)nn1CC1CCCCC1)n1cnc2ccccc21. The van der Waals surface area contributed by atoms with E-state index in [9.17, 15) is 4.79 Å². The summed E-state index contributed by atoms with van der Waals surface area (Å²) in [5, 5.41) is 7.78. The van der Waals surface area contributed by atoms with Gasteiger partial charge in [0.2, 0.25) is 5.91 Å². The number of hydrogen-bond donors (Lipinski definition) is 1. The van der Waals surface area contributed by atoms with Crippen molar-refractivity contribution < 1.29 is 4.79 Å². The van der Waals surface area contributed by atoms with E-state index in [0.29, 0.717) is 12.3 Å². The molecule has 0 bridgehead atoms. The van der Waals surface area contributed by atoms with E-state index in [1.807, 2.05) is 53.4 Å². The summed E-state index contributed by atoms with van der Waals surface area (Å²) in [4.78, 5) is 17.6. The normalized spacial score (nSPS) is 16.4. The highest BCUT2D eigenvalue weighted by Gasteiger charge is 2.23. The highest BCUT2D eigenvalue weighted by molar-refractivity contribution is 5.94. The summed E-state index contributed by atoms with van der Waals surface area (Å²) in [6.45, 7) is 4.89. The molecule has 1 N–H and O–H groups in total. The molecule has 1 aromatic carbocycles. The van der Waals surface area contributed by atoms with Crippen LogP contribution in [-0.2, 0) is 11.3 Å². The molecule has 2 heterocycles. The van der Waals surface area contributed by atoms with Crippen molar-refractivity contribution in [3.63, 3.8) is 0 Å². The van der Waals surface area contributed by atoms with Crippen LogP contribution >= 0.6 is 0 Å². The number of hydrogen-bond acceptors (Lipinski definition) is 3. The van der Waals surface area contributed by atoms with Crippen molar-refractivity contribution in [2.24, 2.45) is 5.92 Å². The van der Waals surface area contributed by atoms with Crippen molar-refractivity contribution in [2.45, 2.75) is 65.0 Å². The molecule has 1 aliphatic rings. The molecule has 1 aliphatic carbocycles. The first-order valence-corrected chi connectivity index (χ1v) is 10.4. The zero-order valence-electron chi connectivity index (χ0n) is 16.8. The van der Waals surface area contributed by atoms with Crippen LogP contribution in [0, 0.1) is 12.8 Å². The third kappa shape index (κ3) is 3.81. The van der Waals surface area contributed by atoms with Crippen molar-refractivity contribution in [2.75, 3.05) is 5.32 Å². The number of carbonyl (C=O) groups excluding carboxylic acids is 1. The first-order chi connectivity index (χ1) is 13.7. The fraction of sp³-hybridized carbons (Fsp3) is 0.500. The molecule has 148 valence electrons. The Hall–Kier alpha value is -2.63. The van der Waals surface area contributed by atoms with Crippen LogP contribution in [0.15, 0.2) is 36.7 Å². The highest BCUT2D eigenvalue weighted by Crippen LogP contribution is 2.27. The van der Waals surface area contributed by atoms with Crippen LogP contribution in [0.25, 0.3) is 11.0 Å². The van der Waals surface area contributed by atoms with Gasteiger partial charge in [0.25, 0.3) is 0 Å². The Morgan fingerprint density at radius 3 is 2.82 bits per heavy atom. The molecule has 0 spiro atoms. The van der Waals surface area contributed by atoms with E-state index in [0.717, 1.165) is 29.1 Å². The predicted molar refractivity (Wildman–Crippen MR) is 111 cm³/mol. The molecular formula is C22H29N5O. The first kappa shape index (κ1) is 18.7. The van der Waals surface area contributed by atoms with Crippen LogP contribution in [0.2, 0.25) is 0 Å². The number of para-hydroxylation sites is 2. The van der Waals surface area contributed by atoms with E-state index in [2.05, 4.69) is 15.4 Å². The van der Waals surface area contributed by atoms with Gasteiger partial charge >= 0.3 is 0 Å². The highest BCUT2D eigenvalue weighted by atomic mass is 16.2. The third-order valence-electron chi connectivity index (χ3n) is 5.82. The Morgan fingerprint density at radius 1 is 1.25 bits per heavy atom. The van der Waals surface area contributed by atoms with E-state index >= 15 is 0 Å². The van der Waals surface area contributed by atoms with Gasteiger partial charge in [0.05, 0.1) is 23.1 Å². The van der Waals surface area contributed by atoms with E-state index in [1.54, 1.807) is 6.33 Å². The summed E-state index contributed by atoms with van der Waals surface area (Å²) in [5.41, 5.74) is 2.83. The van der Waals surface area contributed by atoms with Crippen molar-refractivity contribution in [1.82, 2.24) is 19.3 Å². The Labute approximate surface area is 166 Å². The van der Waals surface area contributed by atoms with Crippen LogP contribution in [0.3, 0.4) is 0 Å². The van der Waals surface area contributed by atoms with Crippen molar-refractivity contribution in [1.29, 1.82) is 0 Å². The lowest BCUT2D eigenvalue weighted by atomic mass is 9.89. The Kier molecular flexibility index (Phi) is 5.46.